The molecule has 0 saturated carbocycles. The van der Waals surface area contributed by atoms with Crippen molar-refractivity contribution in [3.63, 3.8) is 0 Å². The SMILES string of the molecule is CCCOC(=O)CCCCCC(=O)OCc1cc(Cl)ccc1[N+](=O)[O-]. The first-order chi connectivity index (χ1) is 11.9. The minimum atomic E-state index is -0.545. The van der Waals surface area contributed by atoms with Gasteiger partial charge in [0.05, 0.1) is 17.1 Å². The number of rotatable bonds is 11. The van der Waals surface area contributed by atoms with E-state index in [0.717, 1.165) is 6.42 Å². The topological polar surface area (TPSA) is 95.7 Å². The molecule has 25 heavy (non-hydrogen) atoms. The Bertz CT molecular complexity index is 605. The van der Waals surface area contributed by atoms with E-state index in [1.54, 1.807) is 0 Å². The van der Waals surface area contributed by atoms with Crippen molar-refractivity contribution >= 4 is 29.2 Å². The van der Waals surface area contributed by atoms with E-state index in [0.29, 0.717) is 37.3 Å². The highest BCUT2D eigenvalue weighted by Crippen LogP contribution is 2.23. The van der Waals surface area contributed by atoms with Crippen molar-refractivity contribution in [1.82, 2.24) is 0 Å². The summed E-state index contributed by atoms with van der Waals surface area (Å²) in [7, 11) is 0. The highest BCUT2D eigenvalue weighted by atomic mass is 35.5. The molecule has 0 atom stereocenters. The van der Waals surface area contributed by atoms with Crippen molar-refractivity contribution in [1.29, 1.82) is 0 Å². The molecule has 0 aromatic heterocycles. The summed E-state index contributed by atoms with van der Waals surface area (Å²) in [5.74, 6) is -0.666. The molecule has 0 bridgehead atoms. The number of carbonyl (C=O) groups excluding carboxylic acids is 2. The first-order valence-electron chi connectivity index (χ1n) is 8.18. The highest BCUT2D eigenvalue weighted by Gasteiger charge is 2.15. The fraction of sp³-hybridized carbons (Fsp3) is 0.529. The first kappa shape index (κ1) is 20.9. The van der Waals surface area contributed by atoms with E-state index in [4.69, 9.17) is 21.1 Å². The summed E-state index contributed by atoms with van der Waals surface area (Å²) < 4.78 is 10.0. The summed E-state index contributed by atoms with van der Waals surface area (Å²) in [6.07, 6.45) is 3.26. The second-order valence-electron chi connectivity index (χ2n) is 5.47. The lowest BCUT2D eigenvalue weighted by Gasteiger charge is -2.06. The molecule has 0 aliphatic carbocycles. The lowest BCUT2D eigenvalue weighted by Crippen LogP contribution is -2.07. The zero-order valence-corrected chi connectivity index (χ0v) is 14.9. The quantitative estimate of drug-likeness (QED) is 0.250. The maximum Gasteiger partial charge on any atom is 0.306 e. The molecule has 1 rings (SSSR count). The van der Waals surface area contributed by atoms with E-state index in [1.165, 1.54) is 18.2 Å². The number of ether oxygens (including phenoxy) is 2. The first-order valence-corrected chi connectivity index (χ1v) is 8.56. The Morgan fingerprint density at radius 2 is 1.76 bits per heavy atom. The van der Waals surface area contributed by atoms with Crippen molar-refractivity contribution in [3.05, 3.63) is 38.9 Å². The van der Waals surface area contributed by atoms with E-state index < -0.39 is 10.9 Å². The molecule has 0 aliphatic rings. The molecular formula is C17H22ClNO6. The monoisotopic (exact) mass is 371 g/mol. The van der Waals surface area contributed by atoms with E-state index in [2.05, 4.69) is 0 Å². The van der Waals surface area contributed by atoms with E-state index in [1.807, 2.05) is 6.92 Å². The number of carbonyl (C=O) groups is 2. The molecule has 1 aromatic carbocycles. The number of esters is 2. The van der Waals surface area contributed by atoms with Crippen molar-refractivity contribution < 1.29 is 24.0 Å². The van der Waals surface area contributed by atoms with Crippen LogP contribution in [0.4, 0.5) is 5.69 Å². The van der Waals surface area contributed by atoms with Crippen molar-refractivity contribution in [2.45, 2.75) is 52.1 Å². The smallest absolute Gasteiger partial charge is 0.306 e. The standard InChI is InChI=1S/C17H22ClNO6/c1-2-10-24-16(20)6-4-3-5-7-17(21)25-12-13-11-14(18)8-9-15(13)19(22)23/h8-9,11H,2-7,10,12H2,1H3. The van der Waals surface area contributed by atoms with Gasteiger partial charge in [-0.15, -0.1) is 0 Å². The molecule has 0 spiro atoms. The molecule has 0 saturated heterocycles. The Balaban J connectivity index is 2.26. The molecular weight excluding hydrogens is 350 g/mol. The predicted molar refractivity (Wildman–Crippen MR) is 92.2 cm³/mol. The van der Waals surface area contributed by atoms with Gasteiger partial charge in [-0.2, -0.15) is 0 Å². The Labute approximate surface area is 151 Å². The Hall–Kier alpha value is -2.15. The average molecular weight is 372 g/mol. The van der Waals surface area contributed by atoms with Crippen LogP contribution in [0.3, 0.4) is 0 Å². The Morgan fingerprint density at radius 1 is 1.12 bits per heavy atom. The summed E-state index contributed by atoms with van der Waals surface area (Å²) in [4.78, 5) is 33.4. The van der Waals surface area contributed by atoms with E-state index in [-0.39, 0.29) is 30.2 Å². The number of benzene rings is 1. The van der Waals surface area contributed by atoms with Gasteiger partial charge in [-0.25, -0.2) is 0 Å². The third kappa shape index (κ3) is 8.49. The van der Waals surface area contributed by atoms with Crippen LogP contribution in [-0.2, 0) is 25.7 Å². The predicted octanol–water partition coefficient (Wildman–Crippen LogP) is 4.20. The average Bonchev–Trinajstić information content (AvgIpc) is 2.57. The van der Waals surface area contributed by atoms with Crippen LogP contribution in [0.2, 0.25) is 5.02 Å². The van der Waals surface area contributed by atoms with Crippen LogP contribution in [0.15, 0.2) is 18.2 Å². The zero-order valence-electron chi connectivity index (χ0n) is 14.2. The molecule has 7 nitrogen and oxygen atoms in total. The van der Waals surface area contributed by atoms with Gasteiger partial charge in [0.25, 0.3) is 5.69 Å². The number of nitro benzene ring substituents is 1. The summed E-state index contributed by atoms with van der Waals surface area (Å²) in [5.41, 5.74) is 0.118. The van der Waals surface area contributed by atoms with Crippen LogP contribution in [0.1, 0.15) is 51.0 Å². The Morgan fingerprint density at radius 3 is 2.36 bits per heavy atom. The molecule has 0 radical (unpaired) electrons. The highest BCUT2D eigenvalue weighted by molar-refractivity contribution is 6.30. The minimum absolute atomic E-state index is 0.136. The molecule has 8 heteroatoms. The van der Waals surface area contributed by atoms with Gasteiger partial charge in [0.2, 0.25) is 0 Å². The largest absolute Gasteiger partial charge is 0.466 e. The maximum absolute atomic E-state index is 11.7. The van der Waals surface area contributed by atoms with E-state index in [9.17, 15) is 19.7 Å². The minimum Gasteiger partial charge on any atom is -0.466 e. The molecule has 138 valence electrons. The number of unbranched alkanes of at least 4 members (excludes halogenated alkanes) is 2. The van der Waals surface area contributed by atoms with Gasteiger partial charge in [-0.3, -0.25) is 19.7 Å². The number of nitro groups is 1. The fourth-order valence-electron chi connectivity index (χ4n) is 2.08. The normalized spacial score (nSPS) is 10.3. The summed E-state index contributed by atoms with van der Waals surface area (Å²) >= 11 is 5.81. The van der Waals surface area contributed by atoms with Gasteiger partial charge in [-0.05, 0) is 31.4 Å². The number of nitrogens with zero attached hydrogens (tertiary/aromatic N) is 1. The fourth-order valence-corrected chi connectivity index (χ4v) is 2.28. The van der Waals surface area contributed by atoms with Gasteiger partial charge in [-0.1, -0.05) is 24.9 Å². The zero-order chi connectivity index (χ0) is 18.7. The molecule has 0 heterocycles. The second kappa shape index (κ2) is 11.4. The molecule has 0 aliphatic heterocycles. The second-order valence-corrected chi connectivity index (χ2v) is 5.91. The lowest BCUT2D eigenvalue weighted by molar-refractivity contribution is -0.385. The van der Waals surface area contributed by atoms with Gasteiger partial charge < -0.3 is 9.47 Å². The van der Waals surface area contributed by atoms with Gasteiger partial charge in [0.15, 0.2) is 0 Å². The molecule has 1 aromatic rings. The van der Waals surface area contributed by atoms with Gasteiger partial charge in [0, 0.05) is 23.9 Å². The number of halogens is 1. The number of hydrogen-bond donors (Lipinski definition) is 0. The summed E-state index contributed by atoms with van der Waals surface area (Å²) in [6.45, 7) is 2.16. The van der Waals surface area contributed by atoms with Crippen molar-refractivity contribution in [2.75, 3.05) is 6.61 Å². The van der Waals surface area contributed by atoms with Gasteiger partial charge >= 0.3 is 11.9 Å². The van der Waals surface area contributed by atoms with Crippen LogP contribution < -0.4 is 0 Å². The maximum atomic E-state index is 11.7. The molecule has 0 amide bonds. The van der Waals surface area contributed by atoms with Crippen LogP contribution in [0.5, 0.6) is 0 Å². The molecule has 0 fully saturated rings. The van der Waals surface area contributed by atoms with Gasteiger partial charge in [0.1, 0.15) is 6.61 Å². The summed E-state index contributed by atoms with van der Waals surface area (Å²) in [6, 6.07) is 4.11. The van der Waals surface area contributed by atoms with Crippen LogP contribution in [-0.4, -0.2) is 23.5 Å². The summed E-state index contributed by atoms with van der Waals surface area (Å²) in [5, 5.41) is 11.3. The molecule has 0 unspecified atom stereocenters. The van der Waals surface area contributed by atoms with Crippen molar-refractivity contribution in [2.24, 2.45) is 0 Å². The van der Waals surface area contributed by atoms with Crippen LogP contribution in [0, 0.1) is 10.1 Å². The third-order valence-electron chi connectivity index (χ3n) is 3.36. The van der Waals surface area contributed by atoms with Crippen molar-refractivity contribution in [3.8, 4) is 0 Å². The van der Waals surface area contributed by atoms with Crippen LogP contribution in [0.25, 0.3) is 0 Å². The lowest BCUT2D eigenvalue weighted by atomic mass is 10.1. The van der Waals surface area contributed by atoms with Crippen LogP contribution >= 0.6 is 11.6 Å². The molecule has 0 N–H and O–H groups in total. The third-order valence-corrected chi connectivity index (χ3v) is 3.59. The Kier molecular flexibility index (Phi) is 9.54. The van der Waals surface area contributed by atoms with E-state index >= 15 is 0 Å². The number of hydrogen-bond acceptors (Lipinski definition) is 6.